The van der Waals surface area contributed by atoms with Gasteiger partial charge < -0.3 is 10.1 Å². The fourth-order valence-corrected chi connectivity index (χ4v) is 2.60. The number of allylic oxidation sites excluding steroid dienone is 1. The van der Waals surface area contributed by atoms with Crippen molar-refractivity contribution in [1.29, 1.82) is 0 Å². The lowest BCUT2D eigenvalue weighted by Gasteiger charge is -2.14. The van der Waals surface area contributed by atoms with Gasteiger partial charge in [-0.05, 0) is 62.8 Å². The van der Waals surface area contributed by atoms with Crippen molar-refractivity contribution in [3.05, 3.63) is 45.1 Å². The van der Waals surface area contributed by atoms with Crippen molar-refractivity contribution in [2.45, 2.75) is 6.42 Å². The highest BCUT2D eigenvalue weighted by Gasteiger charge is 2.13. The summed E-state index contributed by atoms with van der Waals surface area (Å²) in [5.41, 5.74) is 2.09. The number of ether oxygens (including phenoxy) is 1. The Hall–Kier alpha value is -0.490. The van der Waals surface area contributed by atoms with Crippen LogP contribution in [0.2, 0.25) is 0 Å². The fraction of sp³-hybridized carbons (Fsp3) is 0.167. The molecule has 0 aliphatic rings. The lowest BCUT2D eigenvalue weighted by atomic mass is 10.1. The van der Waals surface area contributed by atoms with Gasteiger partial charge in [0.15, 0.2) is 0 Å². The van der Waals surface area contributed by atoms with Crippen molar-refractivity contribution < 1.29 is 4.74 Å². The number of hydrogen-bond acceptors (Lipinski definition) is 2. The van der Waals surface area contributed by atoms with Crippen molar-refractivity contribution in [1.82, 2.24) is 0 Å². The van der Waals surface area contributed by atoms with Gasteiger partial charge in [0.25, 0.3) is 0 Å². The first-order valence-electron chi connectivity index (χ1n) is 4.68. The maximum absolute atomic E-state index is 5.35. The zero-order valence-electron chi connectivity index (χ0n) is 9.02. The first-order chi connectivity index (χ1) is 7.65. The number of benzene rings is 1. The second kappa shape index (κ2) is 6.30. The van der Waals surface area contributed by atoms with Crippen LogP contribution >= 0.6 is 38.5 Å². The first-order valence-corrected chi connectivity index (χ1v) is 6.56. The molecule has 0 saturated heterocycles. The predicted octanol–water partition coefficient (Wildman–Crippen LogP) is 4.35. The first kappa shape index (κ1) is 13.6. The Bertz CT molecular complexity index is 418. The topological polar surface area (TPSA) is 21.3 Å². The maximum Gasteiger partial charge on any atom is 0.143 e. The molecule has 1 aromatic carbocycles. The van der Waals surface area contributed by atoms with Crippen LogP contribution in [0.25, 0.3) is 0 Å². The van der Waals surface area contributed by atoms with Crippen molar-refractivity contribution in [2.24, 2.45) is 0 Å². The summed E-state index contributed by atoms with van der Waals surface area (Å²) in [4.78, 5) is 0. The molecule has 0 aliphatic heterocycles. The Balaban J connectivity index is 3.35. The zero-order chi connectivity index (χ0) is 12.1. The molecule has 0 spiro atoms. The number of methoxy groups -OCH3 is 1. The van der Waals surface area contributed by atoms with E-state index < -0.39 is 0 Å². The molecule has 0 aromatic heterocycles. The van der Waals surface area contributed by atoms with Crippen LogP contribution in [0.3, 0.4) is 0 Å². The molecule has 0 atom stereocenters. The molecule has 16 heavy (non-hydrogen) atoms. The van der Waals surface area contributed by atoms with Gasteiger partial charge in [-0.25, -0.2) is 0 Å². The molecule has 0 aliphatic carbocycles. The molecule has 0 saturated carbocycles. The van der Waals surface area contributed by atoms with E-state index in [-0.39, 0.29) is 0 Å². The van der Waals surface area contributed by atoms with Crippen LogP contribution in [0.4, 0.5) is 5.69 Å². The highest BCUT2D eigenvalue weighted by molar-refractivity contribution is 14.1. The standard InChI is InChI=1S/C12H13BrINO/c1-4-6-8-7-9(16-3)12(15-5-2)11(14)10(8)13/h4-5,7,15H,1-2,6H2,3H3. The lowest BCUT2D eigenvalue weighted by Crippen LogP contribution is -1.99. The summed E-state index contributed by atoms with van der Waals surface area (Å²) in [6, 6.07) is 2.00. The average Bonchev–Trinajstić information content (AvgIpc) is 2.29. The Morgan fingerprint density at radius 1 is 1.56 bits per heavy atom. The third kappa shape index (κ3) is 2.79. The number of anilines is 1. The summed E-state index contributed by atoms with van der Waals surface area (Å²) >= 11 is 5.85. The molecule has 4 heteroatoms. The van der Waals surface area contributed by atoms with Gasteiger partial charge in [0.1, 0.15) is 5.75 Å². The third-order valence-electron chi connectivity index (χ3n) is 2.08. The third-order valence-corrected chi connectivity index (χ3v) is 4.80. The number of halogens is 2. The largest absolute Gasteiger partial charge is 0.495 e. The summed E-state index contributed by atoms with van der Waals surface area (Å²) in [5.74, 6) is 0.810. The SMILES string of the molecule is C=CCc1cc(OC)c(NC=C)c(I)c1Br. The lowest BCUT2D eigenvalue weighted by molar-refractivity contribution is 0.416. The number of hydrogen-bond donors (Lipinski definition) is 1. The molecule has 0 unspecified atom stereocenters. The van der Waals surface area contributed by atoms with Crippen LogP contribution < -0.4 is 10.1 Å². The Kier molecular flexibility index (Phi) is 5.34. The molecule has 1 rings (SSSR count). The molecule has 0 amide bonds. The highest BCUT2D eigenvalue weighted by atomic mass is 127. The van der Waals surface area contributed by atoms with Gasteiger partial charge in [-0.1, -0.05) is 12.7 Å². The molecule has 2 nitrogen and oxygen atoms in total. The molecule has 86 valence electrons. The minimum atomic E-state index is 0.807. The molecule has 0 bridgehead atoms. The summed E-state index contributed by atoms with van der Waals surface area (Å²) in [5, 5.41) is 3.08. The van der Waals surface area contributed by atoms with Crippen molar-refractivity contribution in [3.8, 4) is 5.75 Å². The minimum Gasteiger partial charge on any atom is -0.495 e. The van der Waals surface area contributed by atoms with Crippen LogP contribution in [0.1, 0.15) is 5.56 Å². The Morgan fingerprint density at radius 2 is 2.25 bits per heavy atom. The Morgan fingerprint density at radius 3 is 2.75 bits per heavy atom. The van der Waals surface area contributed by atoms with E-state index >= 15 is 0 Å². The van der Waals surface area contributed by atoms with Gasteiger partial charge in [0, 0.05) is 4.47 Å². The second-order valence-corrected chi connectivity index (χ2v) is 4.95. The summed E-state index contributed by atoms with van der Waals surface area (Å²) < 4.78 is 7.50. The van der Waals surface area contributed by atoms with Gasteiger partial charge in [-0.15, -0.1) is 6.58 Å². The molecule has 0 heterocycles. The van der Waals surface area contributed by atoms with E-state index in [2.05, 4.69) is 57.0 Å². The quantitative estimate of drug-likeness (QED) is 0.593. The van der Waals surface area contributed by atoms with Gasteiger partial charge in [0.2, 0.25) is 0 Å². The molecule has 0 radical (unpaired) electrons. The van der Waals surface area contributed by atoms with Crippen molar-refractivity contribution in [2.75, 3.05) is 12.4 Å². The molecular formula is C12H13BrINO. The van der Waals surface area contributed by atoms with Gasteiger partial charge in [-0.2, -0.15) is 0 Å². The van der Waals surface area contributed by atoms with Crippen LogP contribution in [-0.2, 0) is 6.42 Å². The minimum absolute atomic E-state index is 0.807. The normalized spacial score (nSPS) is 9.69. The van der Waals surface area contributed by atoms with Crippen molar-refractivity contribution in [3.63, 3.8) is 0 Å². The number of rotatable bonds is 5. The van der Waals surface area contributed by atoms with Crippen LogP contribution in [0.5, 0.6) is 5.75 Å². The highest BCUT2D eigenvalue weighted by Crippen LogP contribution is 2.38. The molecular weight excluding hydrogens is 381 g/mol. The zero-order valence-corrected chi connectivity index (χ0v) is 12.8. The fourth-order valence-electron chi connectivity index (χ4n) is 1.35. The van der Waals surface area contributed by atoms with E-state index in [0.717, 1.165) is 31.5 Å². The molecule has 1 N–H and O–H groups in total. The van der Waals surface area contributed by atoms with E-state index in [9.17, 15) is 0 Å². The van der Waals surface area contributed by atoms with Crippen LogP contribution in [0.15, 0.2) is 36.0 Å². The van der Waals surface area contributed by atoms with E-state index in [1.807, 2.05) is 12.1 Å². The predicted molar refractivity (Wildman–Crippen MR) is 81.1 cm³/mol. The van der Waals surface area contributed by atoms with Gasteiger partial charge in [0.05, 0.1) is 16.4 Å². The van der Waals surface area contributed by atoms with Crippen LogP contribution in [0, 0.1) is 3.57 Å². The van der Waals surface area contributed by atoms with E-state index in [1.54, 1.807) is 13.3 Å². The average molecular weight is 394 g/mol. The molecule has 1 aromatic rings. The second-order valence-electron chi connectivity index (χ2n) is 3.08. The molecule has 0 fully saturated rings. The van der Waals surface area contributed by atoms with Crippen LogP contribution in [-0.4, -0.2) is 7.11 Å². The summed E-state index contributed by atoms with van der Waals surface area (Å²) in [6.07, 6.45) is 4.32. The monoisotopic (exact) mass is 393 g/mol. The maximum atomic E-state index is 5.35. The summed E-state index contributed by atoms with van der Waals surface area (Å²) in [6.45, 7) is 7.40. The number of nitrogens with one attached hydrogen (secondary N) is 1. The van der Waals surface area contributed by atoms with E-state index in [4.69, 9.17) is 4.74 Å². The van der Waals surface area contributed by atoms with Gasteiger partial charge >= 0.3 is 0 Å². The van der Waals surface area contributed by atoms with E-state index in [1.165, 1.54) is 0 Å². The Labute approximate surface area is 118 Å². The van der Waals surface area contributed by atoms with E-state index in [0.29, 0.717) is 0 Å². The van der Waals surface area contributed by atoms with Gasteiger partial charge in [-0.3, -0.25) is 0 Å². The smallest absolute Gasteiger partial charge is 0.143 e. The summed E-state index contributed by atoms with van der Waals surface area (Å²) in [7, 11) is 1.66. The van der Waals surface area contributed by atoms with Crippen molar-refractivity contribution >= 4 is 44.2 Å².